The maximum absolute atomic E-state index is 13.9. The van der Waals surface area contributed by atoms with Gasteiger partial charge in [-0.15, -0.1) is 0 Å². The van der Waals surface area contributed by atoms with E-state index >= 15 is 0 Å². The van der Waals surface area contributed by atoms with Crippen molar-refractivity contribution < 1.29 is 9.13 Å². The molecule has 1 unspecified atom stereocenters. The number of nitrogens with one attached hydrogen (secondary N) is 1. The monoisotopic (exact) mass is 292 g/mol. The van der Waals surface area contributed by atoms with Crippen LogP contribution in [0.1, 0.15) is 38.2 Å². The van der Waals surface area contributed by atoms with Crippen LogP contribution in [0.5, 0.6) is 5.75 Å². The number of rotatable bonds is 3. The number of methoxy groups -OCH3 is 1. The first-order valence-corrected chi connectivity index (χ1v) is 7.94. The van der Waals surface area contributed by atoms with Crippen molar-refractivity contribution in [1.29, 1.82) is 0 Å². The first-order chi connectivity index (χ1) is 10.1. The van der Waals surface area contributed by atoms with Crippen LogP contribution in [0, 0.1) is 5.82 Å². The minimum Gasteiger partial charge on any atom is -0.494 e. The quantitative estimate of drug-likeness (QED) is 0.927. The summed E-state index contributed by atoms with van der Waals surface area (Å²) in [4.78, 5) is 2.57. The lowest BCUT2D eigenvalue weighted by atomic mass is 9.90. The molecule has 1 heterocycles. The third kappa shape index (κ3) is 2.92. The van der Waals surface area contributed by atoms with Crippen LogP contribution in [-0.2, 0) is 6.54 Å². The van der Waals surface area contributed by atoms with Crippen LogP contribution in [0.4, 0.5) is 4.39 Å². The molecule has 0 radical (unpaired) electrons. The highest BCUT2D eigenvalue weighted by molar-refractivity contribution is 5.29. The summed E-state index contributed by atoms with van der Waals surface area (Å²) in [5.41, 5.74) is 1.32. The van der Waals surface area contributed by atoms with E-state index in [-0.39, 0.29) is 11.4 Å². The van der Waals surface area contributed by atoms with Gasteiger partial charge in [0.25, 0.3) is 0 Å². The van der Waals surface area contributed by atoms with Gasteiger partial charge in [-0.2, -0.15) is 0 Å². The van der Waals surface area contributed by atoms with E-state index in [1.807, 2.05) is 6.07 Å². The molecule has 1 N–H and O–H groups in total. The lowest BCUT2D eigenvalue weighted by Crippen LogP contribution is -2.62. The molecule has 1 saturated carbocycles. The molecule has 1 spiro atoms. The van der Waals surface area contributed by atoms with E-state index < -0.39 is 0 Å². The van der Waals surface area contributed by atoms with E-state index in [2.05, 4.69) is 17.1 Å². The maximum atomic E-state index is 13.9. The predicted octanol–water partition coefficient (Wildman–Crippen LogP) is 2.94. The van der Waals surface area contributed by atoms with Crippen molar-refractivity contribution >= 4 is 0 Å². The molecule has 2 fully saturated rings. The summed E-state index contributed by atoms with van der Waals surface area (Å²) in [6, 6.07) is 5.84. The van der Waals surface area contributed by atoms with E-state index in [1.54, 1.807) is 12.1 Å². The minimum atomic E-state index is -0.265. The molecule has 1 saturated heterocycles. The van der Waals surface area contributed by atoms with Crippen molar-refractivity contribution in [3.05, 3.63) is 29.6 Å². The standard InChI is InChI=1S/C17H25FN2O/c1-13-10-20(17(12-19-13)7-3-4-8-17)11-14-5-6-16(21-2)15(18)9-14/h5-6,9,13,19H,3-4,7-8,10-12H2,1-2H3. The summed E-state index contributed by atoms with van der Waals surface area (Å²) in [5, 5.41) is 3.62. The number of hydrogen-bond acceptors (Lipinski definition) is 3. The average molecular weight is 292 g/mol. The fourth-order valence-electron chi connectivity index (χ4n) is 3.85. The Morgan fingerprint density at radius 3 is 2.81 bits per heavy atom. The van der Waals surface area contributed by atoms with Crippen LogP contribution in [0.3, 0.4) is 0 Å². The second kappa shape index (κ2) is 5.93. The zero-order valence-corrected chi connectivity index (χ0v) is 13.0. The Morgan fingerprint density at radius 2 is 2.14 bits per heavy atom. The molecule has 3 nitrogen and oxygen atoms in total. The number of nitrogens with zero attached hydrogens (tertiary/aromatic N) is 1. The number of hydrogen-bond donors (Lipinski definition) is 1. The fraction of sp³-hybridized carbons (Fsp3) is 0.647. The maximum Gasteiger partial charge on any atom is 0.165 e. The van der Waals surface area contributed by atoms with Crippen LogP contribution in [-0.4, -0.2) is 36.7 Å². The molecule has 1 aromatic rings. The summed E-state index contributed by atoms with van der Waals surface area (Å²) in [5.74, 6) is 0.0571. The van der Waals surface area contributed by atoms with Crippen molar-refractivity contribution in [2.45, 2.75) is 50.7 Å². The SMILES string of the molecule is COc1ccc(CN2CC(C)NCC23CCCC3)cc1F. The molecule has 1 aliphatic carbocycles. The van der Waals surface area contributed by atoms with Gasteiger partial charge in [-0.05, 0) is 37.5 Å². The Balaban J connectivity index is 1.79. The van der Waals surface area contributed by atoms with Crippen molar-refractivity contribution in [3.8, 4) is 5.75 Å². The number of benzene rings is 1. The first kappa shape index (κ1) is 14.8. The molecule has 1 aromatic carbocycles. The zero-order chi connectivity index (χ0) is 14.9. The lowest BCUT2D eigenvalue weighted by molar-refractivity contribution is 0.0392. The van der Waals surface area contributed by atoms with E-state index in [1.165, 1.54) is 32.8 Å². The largest absolute Gasteiger partial charge is 0.494 e. The number of ether oxygens (including phenoxy) is 1. The highest BCUT2D eigenvalue weighted by Crippen LogP contribution is 2.37. The molecule has 0 aromatic heterocycles. The molecule has 0 amide bonds. The topological polar surface area (TPSA) is 24.5 Å². The van der Waals surface area contributed by atoms with Gasteiger partial charge in [-0.3, -0.25) is 4.90 Å². The number of halogens is 1. The molecular formula is C17H25FN2O. The van der Waals surface area contributed by atoms with E-state index in [0.717, 1.165) is 25.2 Å². The minimum absolute atomic E-state index is 0.265. The van der Waals surface area contributed by atoms with Crippen LogP contribution >= 0.6 is 0 Å². The summed E-state index contributed by atoms with van der Waals surface area (Å²) in [7, 11) is 1.50. The smallest absolute Gasteiger partial charge is 0.165 e. The summed E-state index contributed by atoms with van der Waals surface area (Å²) in [6.45, 7) is 5.15. The Kier molecular flexibility index (Phi) is 4.18. The van der Waals surface area contributed by atoms with Gasteiger partial charge in [0.05, 0.1) is 7.11 Å². The summed E-state index contributed by atoms with van der Waals surface area (Å²) >= 11 is 0. The van der Waals surface area contributed by atoms with E-state index in [4.69, 9.17) is 4.74 Å². The summed E-state index contributed by atoms with van der Waals surface area (Å²) in [6.07, 6.45) is 5.13. The second-order valence-electron chi connectivity index (χ2n) is 6.56. The zero-order valence-electron chi connectivity index (χ0n) is 13.0. The van der Waals surface area contributed by atoms with Crippen LogP contribution in [0.2, 0.25) is 0 Å². The van der Waals surface area contributed by atoms with Crippen LogP contribution < -0.4 is 10.1 Å². The van der Waals surface area contributed by atoms with Crippen molar-refractivity contribution in [1.82, 2.24) is 10.2 Å². The molecule has 2 aliphatic rings. The van der Waals surface area contributed by atoms with Crippen molar-refractivity contribution in [3.63, 3.8) is 0 Å². The lowest BCUT2D eigenvalue weighted by Gasteiger charge is -2.48. The Hall–Kier alpha value is -1.13. The highest BCUT2D eigenvalue weighted by Gasteiger charge is 2.42. The molecular weight excluding hydrogens is 267 g/mol. The fourth-order valence-corrected chi connectivity index (χ4v) is 3.85. The third-order valence-electron chi connectivity index (χ3n) is 5.07. The molecule has 21 heavy (non-hydrogen) atoms. The van der Waals surface area contributed by atoms with Gasteiger partial charge in [0.1, 0.15) is 0 Å². The van der Waals surface area contributed by atoms with Gasteiger partial charge in [0.15, 0.2) is 11.6 Å². The molecule has 1 aliphatic heterocycles. The van der Waals surface area contributed by atoms with E-state index in [0.29, 0.717) is 11.8 Å². The molecule has 116 valence electrons. The Labute approximate surface area is 126 Å². The summed E-state index contributed by atoms with van der Waals surface area (Å²) < 4.78 is 18.9. The van der Waals surface area contributed by atoms with Gasteiger partial charge in [-0.1, -0.05) is 18.9 Å². The van der Waals surface area contributed by atoms with Gasteiger partial charge in [-0.25, -0.2) is 4.39 Å². The number of piperazine rings is 1. The molecule has 3 rings (SSSR count). The Bertz CT molecular complexity index is 500. The third-order valence-corrected chi connectivity index (χ3v) is 5.07. The molecule has 4 heteroatoms. The van der Waals surface area contributed by atoms with Crippen molar-refractivity contribution in [2.75, 3.05) is 20.2 Å². The normalized spacial score (nSPS) is 25.4. The first-order valence-electron chi connectivity index (χ1n) is 7.94. The predicted molar refractivity (Wildman–Crippen MR) is 82.0 cm³/mol. The molecule has 1 atom stereocenters. The Morgan fingerprint density at radius 1 is 1.38 bits per heavy atom. The van der Waals surface area contributed by atoms with E-state index in [9.17, 15) is 4.39 Å². The molecule has 0 bridgehead atoms. The highest BCUT2D eigenvalue weighted by atomic mass is 19.1. The van der Waals surface area contributed by atoms with Crippen LogP contribution in [0.25, 0.3) is 0 Å². The van der Waals surface area contributed by atoms with Crippen LogP contribution in [0.15, 0.2) is 18.2 Å². The van der Waals surface area contributed by atoms with Gasteiger partial charge < -0.3 is 10.1 Å². The van der Waals surface area contributed by atoms with Crippen molar-refractivity contribution in [2.24, 2.45) is 0 Å². The second-order valence-corrected chi connectivity index (χ2v) is 6.56. The van der Waals surface area contributed by atoms with Gasteiger partial charge in [0.2, 0.25) is 0 Å². The average Bonchev–Trinajstić information content (AvgIpc) is 2.93. The van der Waals surface area contributed by atoms with Gasteiger partial charge >= 0.3 is 0 Å². The van der Waals surface area contributed by atoms with Gasteiger partial charge in [0, 0.05) is 31.2 Å².